The molecule has 1 N–H and O–H groups in total. The first-order valence-electron chi connectivity index (χ1n) is 4.62. The molecule has 0 radical (unpaired) electrons. The van der Waals surface area contributed by atoms with Gasteiger partial charge in [-0.3, -0.25) is 4.79 Å². The molecule has 0 saturated heterocycles. The monoisotopic (exact) mass is 205 g/mol. The fraction of sp³-hybridized carbons (Fsp3) is 0.889. The van der Waals surface area contributed by atoms with Crippen LogP contribution in [0.3, 0.4) is 0 Å². The van der Waals surface area contributed by atoms with Crippen molar-refractivity contribution in [2.45, 2.75) is 26.3 Å². The van der Waals surface area contributed by atoms with Crippen LogP contribution in [-0.2, 0) is 9.53 Å². The van der Waals surface area contributed by atoms with Crippen LogP contribution >= 0.6 is 11.8 Å². The molecule has 0 bridgehead atoms. The molecule has 1 unspecified atom stereocenters. The molecule has 3 nitrogen and oxygen atoms in total. The lowest BCUT2D eigenvalue weighted by Crippen LogP contribution is -2.30. The van der Waals surface area contributed by atoms with Gasteiger partial charge in [-0.2, -0.15) is 0 Å². The van der Waals surface area contributed by atoms with E-state index in [1.807, 2.05) is 0 Å². The minimum atomic E-state index is -0.142. The van der Waals surface area contributed by atoms with Gasteiger partial charge in [0.25, 0.3) is 0 Å². The third-order valence-electron chi connectivity index (χ3n) is 1.75. The Labute approximate surface area is 84.6 Å². The van der Waals surface area contributed by atoms with Crippen LogP contribution in [0.5, 0.6) is 0 Å². The molecule has 0 rings (SSSR count). The fourth-order valence-electron chi connectivity index (χ4n) is 0.953. The van der Waals surface area contributed by atoms with E-state index in [0.717, 1.165) is 18.7 Å². The maximum atomic E-state index is 10.8. The second kappa shape index (κ2) is 8.38. The van der Waals surface area contributed by atoms with Crippen LogP contribution in [0.4, 0.5) is 0 Å². The number of carbonyl (C=O) groups excluding carboxylic acids is 1. The van der Waals surface area contributed by atoms with E-state index in [-0.39, 0.29) is 5.97 Å². The summed E-state index contributed by atoms with van der Waals surface area (Å²) in [6.07, 6.45) is 1.10. The summed E-state index contributed by atoms with van der Waals surface area (Å²) >= 11 is 1.62. The van der Waals surface area contributed by atoms with Crippen LogP contribution in [0.25, 0.3) is 0 Å². The summed E-state index contributed by atoms with van der Waals surface area (Å²) < 4.78 is 4.55. The summed E-state index contributed by atoms with van der Waals surface area (Å²) in [5, 5.41) is 3.35. The number of esters is 1. The van der Waals surface area contributed by atoms with E-state index < -0.39 is 0 Å². The molecule has 78 valence electrons. The molecule has 0 aliphatic rings. The molecule has 0 aliphatic carbocycles. The highest BCUT2D eigenvalue weighted by Gasteiger charge is 2.06. The SMILES string of the molecule is CCNC(CC)CSCC(=O)OC. The molecule has 1 atom stereocenters. The number of thioether (sulfide) groups is 1. The van der Waals surface area contributed by atoms with Crippen molar-refractivity contribution in [2.75, 3.05) is 25.2 Å². The van der Waals surface area contributed by atoms with E-state index in [0.29, 0.717) is 11.8 Å². The van der Waals surface area contributed by atoms with Crippen molar-refractivity contribution in [3.63, 3.8) is 0 Å². The maximum absolute atomic E-state index is 10.8. The molecule has 0 saturated carbocycles. The van der Waals surface area contributed by atoms with Gasteiger partial charge in [0, 0.05) is 11.8 Å². The molecule has 4 heteroatoms. The van der Waals surface area contributed by atoms with Crippen molar-refractivity contribution in [1.29, 1.82) is 0 Å². The quantitative estimate of drug-likeness (QED) is 0.635. The third kappa shape index (κ3) is 6.90. The van der Waals surface area contributed by atoms with E-state index >= 15 is 0 Å². The summed E-state index contributed by atoms with van der Waals surface area (Å²) in [5.41, 5.74) is 0. The summed E-state index contributed by atoms with van der Waals surface area (Å²) in [4.78, 5) is 10.8. The van der Waals surface area contributed by atoms with Gasteiger partial charge in [0.2, 0.25) is 0 Å². The Morgan fingerprint density at radius 1 is 1.54 bits per heavy atom. The van der Waals surface area contributed by atoms with Crippen LogP contribution in [-0.4, -0.2) is 37.2 Å². The fourth-order valence-corrected chi connectivity index (χ4v) is 1.99. The molecular weight excluding hydrogens is 186 g/mol. The van der Waals surface area contributed by atoms with Crippen LogP contribution in [0.2, 0.25) is 0 Å². The molecular formula is C9H19NO2S. The average Bonchev–Trinajstić information content (AvgIpc) is 2.16. The van der Waals surface area contributed by atoms with Gasteiger partial charge in [-0.25, -0.2) is 0 Å². The maximum Gasteiger partial charge on any atom is 0.315 e. The van der Waals surface area contributed by atoms with Crippen molar-refractivity contribution in [1.82, 2.24) is 5.32 Å². The number of ether oxygens (including phenoxy) is 1. The van der Waals surface area contributed by atoms with Crippen LogP contribution in [0.1, 0.15) is 20.3 Å². The second-order valence-corrected chi connectivity index (χ2v) is 3.78. The van der Waals surface area contributed by atoms with E-state index in [4.69, 9.17) is 0 Å². The van der Waals surface area contributed by atoms with Crippen LogP contribution in [0.15, 0.2) is 0 Å². The minimum Gasteiger partial charge on any atom is -0.468 e. The molecule has 0 aromatic rings. The first kappa shape index (κ1) is 12.8. The van der Waals surface area contributed by atoms with Gasteiger partial charge >= 0.3 is 5.97 Å². The molecule has 13 heavy (non-hydrogen) atoms. The Balaban J connectivity index is 3.42. The van der Waals surface area contributed by atoms with Gasteiger partial charge in [-0.05, 0) is 13.0 Å². The standard InChI is InChI=1S/C9H19NO2S/c1-4-8(10-5-2)6-13-7-9(11)12-3/h8,10H,4-7H2,1-3H3. The second-order valence-electron chi connectivity index (χ2n) is 2.75. The number of nitrogens with one attached hydrogen (secondary N) is 1. The number of hydrogen-bond donors (Lipinski definition) is 1. The predicted molar refractivity (Wildman–Crippen MR) is 57.1 cm³/mol. The molecule has 0 aromatic heterocycles. The van der Waals surface area contributed by atoms with E-state index in [9.17, 15) is 4.79 Å². The van der Waals surface area contributed by atoms with Gasteiger partial charge in [-0.1, -0.05) is 13.8 Å². The summed E-state index contributed by atoms with van der Waals surface area (Å²) in [6, 6.07) is 0.514. The number of rotatable bonds is 7. The molecule has 0 aromatic carbocycles. The van der Waals surface area contributed by atoms with Gasteiger partial charge < -0.3 is 10.1 Å². The van der Waals surface area contributed by atoms with Crippen LogP contribution < -0.4 is 5.32 Å². The Morgan fingerprint density at radius 2 is 2.23 bits per heavy atom. The lowest BCUT2D eigenvalue weighted by molar-refractivity contribution is -0.137. The first-order chi connectivity index (χ1) is 6.24. The van der Waals surface area contributed by atoms with Gasteiger partial charge in [0.15, 0.2) is 0 Å². The lowest BCUT2D eigenvalue weighted by Gasteiger charge is -2.14. The van der Waals surface area contributed by atoms with Crippen molar-refractivity contribution in [2.24, 2.45) is 0 Å². The molecule has 0 fully saturated rings. The van der Waals surface area contributed by atoms with Crippen molar-refractivity contribution in [3.05, 3.63) is 0 Å². The van der Waals surface area contributed by atoms with E-state index in [2.05, 4.69) is 23.9 Å². The molecule has 0 spiro atoms. The van der Waals surface area contributed by atoms with Gasteiger partial charge in [0.1, 0.15) is 0 Å². The average molecular weight is 205 g/mol. The highest BCUT2D eigenvalue weighted by atomic mass is 32.2. The zero-order chi connectivity index (χ0) is 10.1. The molecule has 0 amide bonds. The zero-order valence-electron chi connectivity index (χ0n) is 8.63. The van der Waals surface area contributed by atoms with Crippen LogP contribution in [0, 0.1) is 0 Å². The first-order valence-corrected chi connectivity index (χ1v) is 5.78. The predicted octanol–water partition coefficient (Wildman–Crippen LogP) is 1.28. The smallest absolute Gasteiger partial charge is 0.315 e. The normalized spacial score (nSPS) is 12.5. The zero-order valence-corrected chi connectivity index (χ0v) is 9.45. The van der Waals surface area contributed by atoms with Crippen molar-refractivity contribution < 1.29 is 9.53 Å². The van der Waals surface area contributed by atoms with Crippen molar-refractivity contribution in [3.8, 4) is 0 Å². The highest BCUT2D eigenvalue weighted by molar-refractivity contribution is 7.99. The Kier molecular flexibility index (Phi) is 8.24. The molecule has 0 aliphatic heterocycles. The summed E-state index contributed by atoms with van der Waals surface area (Å²) in [6.45, 7) is 5.22. The summed E-state index contributed by atoms with van der Waals surface area (Å²) in [7, 11) is 1.42. The number of methoxy groups -OCH3 is 1. The highest BCUT2D eigenvalue weighted by Crippen LogP contribution is 2.05. The van der Waals surface area contributed by atoms with Gasteiger partial charge in [-0.15, -0.1) is 11.8 Å². The number of hydrogen-bond acceptors (Lipinski definition) is 4. The minimum absolute atomic E-state index is 0.142. The summed E-state index contributed by atoms with van der Waals surface area (Å²) in [5.74, 6) is 1.29. The van der Waals surface area contributed by atoms with E-state index in [1.165, 1.54) is 7.11 Å². The van der Waals surface area contributed by atoms with E-state index in [1.54, 1.807) is 11.8 Å². The largest absolute Gasteiger partial charge is 0.468 e. The Hall–Kier alpha value is -0.220. The third-order valence-corrected chi connectivity index (χ3v) is 2.83. The Morgan fingerprint density at radius 3 is 2.69 bits per heavy atom. The molecule has 0 heterocycles. The lowest BCUT2D eigenvalue weighted by atomic mass is 10.2. The Bertz CT molecular complexity index is 142. The van der Waals surface area contributed by atoms with Gasteiger partial charge in [0.05, 0.1) is 12.9 Å². The topological polar surface area (TPSA) is 38.3 Å². The number of carbonyl (C=O) groups is 1. The van der Waals surface area contributed by atoms with Crippen molar-refractivity contribution >= 4 is 17.7 Å².